The Hall–Kier alpha value is -2.56. The van der Waals surface area contributed by atoms with Crippen LogP contribution in [0.5, 0.6) is 0 Å². The molecule has 1 amide bonds. The molecule has 0 bridgehead atoms. The van der Waals surface area contributed by atoms with Gasteiger partial charge in [-0.15, -0.1) is 0 Å². The van der Waals surface area contributed by atoms with Crippen molar-refractivity contribution in [2.75, 3.05) is 0 Å². The van der Waals surface area contributed by atoms with Crippen LogP contribution in [0.2, 0.25) is 0 Å². The molecule has 0 aromatic heterocycles. The van der Waals surface area contributed by atoms with Crippen LogP contribution in [-0.4, -0.2) is 22.5 Å². The molecule has 0 fully saturated rings. The highest BCUT2D eigenvalue weighted by Gasteiger charge is 2.35. The van der Waals surface area contributed by atoms with Gasteiger partial charge < -0.3 is 5.32 Å². The Labute approximate surface area is 136 Å². The minimum Gasteiger partial charge on any atom is -0.345 e. The second kappa shape index (κ2) is 5.67. The fourth-order valence-corrected chi connectivity index (χ4v) is 2.18. The number of nitrogens with one attached hydrogen (secondary N) is 1. The summed E-state index contributed by atoms with van der Waals surface area (Å²) in [6, 6.07) is 5.02. The minimum absolute atomic E-state index is 0.0487. The predicted molar refractivity (Wildman–Crippen MR) is 83.1 cm³/mol. The van der Waals surface area contributed by atoms with E-state index in [-0.39, 0.29) is 23.8 Å². The molecule has 3 rings (SSSR count). The van der Waals surface area contributed by atoms with Crippen LogP contribution in [0, 0.1) is 5.82 Å². The van der Waals surface area contributed by atoms with Crippen LogP contribution in [0.1, 0.15) is 34.0 Å². The van der Waals surface area contributed by atoms with Gasteiger partial charge in [0.25, 0.3) is 5.91 Å². The summed E-state index contributed by atoms with van der Waals surface area (Å²) in [6.45, 7) is -1.18. The molecule has 112 valence electrons. The second-order valence-electron chi connectivity index (χ2n) is 4.82. The number of carbonyl (C=O) groups is 1. The van der Waals surface area contributed by atoms with E-state index in [9.17, 15) is 9.18 Å². The Morgan fingerprint density at radius 3 is 3.05 bits per heavy atom. The standard InChI is InChI=1S/C17H16FN3O/c1-11-3-8-15-20-12(2)16(21(15)10-11)17(22)19-9-13-4-6-14(18)7-5-13/h3-7,10H,8-9H2,1-2H3/p+1/i1D3,3D,8D,10D. The molecule has 0 aliphatic carbocycles. The topological polar surface area (TPSA) is 44.5 Å². The highest BCUT2D eigenvalue weighted by Crippen LogP contribution is 2.21. The number of fused-ring (bicyclic) bond motifs is 1. The van der Waals surface area contributed by atoms with Crippen molar-refractivity contribution < 1.29 is 22.0 Å². The maximum atomic E-state index is 13.0. The van der Waals surface area contributed by atoms with E-state index in [1.807, 2.05) is 0 Å². The molecule has 1 atom stereocenters. The smallest absolute Gasteiger partial charge is 0.308 e. The average molecular weight is 304 g/mol. The van der Waals surface area contributed by atoms with Gasteiger partial charge in [-0.2, -0.15) is 4.58 Å². The Morgan fingerprint density at radius 2 is 2.32 bits per heavy atom. The zero-order valence-electron chi connectivity index (χ0n) is 17.8. The molecule has 0 saturated heterocycles. The molecule has 5 heteroatoms. The summed E-state index contributed by atoms with van der Waals surface area (Å²) in [7, 11) is 0. The van der Waals surface area contributed by atoms with Gasteiger partial charge in [0.05, 0.1) is 14.0 Å². The Balaban J connectivity index is 1.94. The predicted octanol–water partition coefficient (Wildman–Crippen LogP) is 2.52. The first-order chi connectivity index (χ1) is 13.0. The first kappa shape index (κ1) is 8.78. The molecular formula is C17H17FN3O+. The molecule has 1 N–H and O–H groups in total. The number of hydrogen-bond donors (Lipinski definition) is 1. The molecule has 0 radical (unpaired) electrons. The fourth-order valence-electron chi connectivity index (χ4n) is 2.18. The number of aliphatic imine (C=N–C) groups is 1. The van der Waals surface area contributed by atoms with Gasteiger partial charge in [-0.1, -0.05) is 18.2 Å². The van der Waals surface area contributed by atoms with Crippen LogP contribution in [0.15, 0.2) is 52.3 Å². The van der Waals surface area contributed by atoms with E-state index in [2.05, 4.69) is 10.3 Å². The molecule has 2 heterocycles. The van der Waals surface area contributed by atoms with Gasteiger partial charge in [-0.25, -0.2) is 4.39 Å². The highest BCUT2D eigenvalue weighted by atomic mass is 19.1. The van der Waals surface area contributed by atoms with E-state index in [1.54, 1.807) is 0 Å². The monoisotopic (exact) mass is 304 g/mol. The normalized spacial score (nSPS) is 25.5. The molecule has 0 spiro atoms. The molecule has 2 aliphatic heterocycles. The van der Waals surface area contributed by atoms with Crippen LogP contribution in [0.3, 0.4) is 0 Å². The maximum Gasteiger partial charge on any atom is 0.308 e. The number of benzene rings is 1. The quantitative estimate of drug-likeness (QED) is 0.857. The third-order valence-electron chi connectivity index (χ3n) is 3.23. The molecule has 22 heavy (non-hydrogen) atoms. The number of hydrogen-bond acceptors (Lipinski definition) is 2. The van der Waals surface area contributed by atoms with Crippen molar-refractivity contribution in [1.29, 1.82) is 0 Å². The lowest BCUT2D eigenvalue weighted by Gasteiger charge is -2.09. The fraction of sp³-hybridized carbons (Fsp3) is 0.235. The number of amidine groups is 1. The number of rotatable bonds is 3. The van der Waals surface area contributed by atoms with Crippen molar-refractivity contribution in [3.8, 4) is 0 Å². The van der Waals surface area contributed by atoms with Crippen molar-refractivity contribution in [2.24, 2.45) is 4.99 Å². The maximum absolute atomic E-state index is 13.0. The molecular weight excluding hydrogens is 281 g/mol. The Bertz CT molecular complexity index is 976. The SMILES string of the molecule is [2H]C1=C(C([2H])([2H])[2H])C([2H])=[N+]2C(=NC(C)=C2C(=O)NCc2ccc(F)cc2)C1[2H]. The van der Waals surface area contributed by atoms with Crippen LogP contribution in [0.4, 0.5) is 4.39 Å². The zero-order valence-corrected chi connectivity index (χ0v) is 11.8. The van der Waals surface area contributed by atoms with Crippen molar-refractivity contribution in [1.82, 2.24) is 5.32 Å². The van der Waals surface area contributed by atoms with E-state index in [1.165, 1.54) is 31.2 Å². The number of nitrogens with zero attached hydrogens (tertiary/aromatic N) is 2. The van der Waals surface area contributed by atoms with Gasteiger partial charge in [0.15, 0.2) is 0 Å². The van der Waals surface area contributed by atoms with E-state index in [4.69, 9.17) is 8.22 Å². The largest absolute Gasteiger partial charge is 0.345 e. The van der Waals surface area contributed by atoms with Crippen LogP contribution in [-0.2, 0) is 11.3 Å². The lowest BCUT2D eigenvalue weighted by Crippen LogP contribution is -2.32. The lowest BCUT2D eigenvalue weighted by molar-refractivity contribution is -0.337. The van der Waals surface area contributed by atoms with Crippen molar-refractivity contribution in [3.63, 3.8) is 0 Å². The number of halogens is 1. The third kappa shape index (κ3) is 2.74. The summed E-state index contributed by atoms with van der Waals surface area (Å²) in [5.41, 5.74) is 0.225. The van der Waals surface area contributed by atoms with E-state index < -0.39 is 42.8 Å². The summed E-state index contributed by atoms with van der Waals surface area (Å²) in [5, 5.41) is 2.63. The summed E-state index contributed by atoms with van der Waals surface area (Å²) in [5.74, 6) is -1.07. The molecule has 1 aromatic rings. The highest BCUT2D eigenvalue weighted by molar-refractivity contribution is 6.00. The Kier molecular flexibility index (Phi) is 2.26. The van der Waals surface area contributed by atoms with Crippen LogP contribution < -0.4 is 5.32 Å². The first-order valence-electron chi connectivity index (χ1n) is 9.69. The lowest BCUT2D eigenvalue weighted by atomic mass is 10.2. The van der Waals surface area contributed by atoms with Crippen LogP contribution in [0.25, 0.3) is 0 Å². The minimum atomic E-state index is -2.77. The van der Waals surface area contributed by atoms with E-state index >= 15 is 0 Å². The van der Waals surface area contributed by atoms with E-state index in [0.29, 0.717) is 5.56 Å². The number of amides is 1. The molecule has 0 saturated carbocycles. The summed E-state index contributed by atoms with van der Waals surface area (Å²) in [4.78, 5) is 16.8. The van der Waals surface area contributed by atoms with E-state index in [0.717, 1.165) is 4.58 Å². The molecule has 2 aliphatic rings. The number of allylic oxidation sites excluding steroid dienone is 2. The second-order valence-corrected chi connectivity index (χ2v) is 4.82. The molecule has 1 aromatic carbocycles. The summed E-state index contributed by atoms with van der Waals surface area (Å²) in [6.07, 6.45) is -1.97. The third-order valence-corrected chi connectivity index (χ3v) is 3.23. The molecule has 1 unspecified atom stereocenters. The zero-order chi connectivity index (χ0) is 20.8. The Morgan fingerprint density at radius 1 is 1.55 bits per heavy atom. The van der Waals surface area contributed by atoms with Gasteiger partial charge in [-0.05, 0) is 35.1 Å². The summed E-state index contributed by atoms with van der Waals surface area (Å²) >= 11 is 0. The van der Waals surface area contributed by atoms with Gasteiger partial charge in [0.1, 0.15) is 7.19 Å². The van der Waals surface area contributed by atoms with Gasteiger partial charge in [0, 0.05) is 19.0 Å². The van der Waals surface area contributed by atoms with Gasteiger partial charge in [0.2, 0.25) is 11.4 Å². The number of carbonyl (C=O) groups excluding carboxylic acids is 1. The summed E-state index contributed by atoms with van der Waals surface area (Å²) < 4.78 is 61.1. The van der Waals surface area contributed by atoms with Gasteiger partial charge in [-0.3, -0.25) is 4.79 Å². The van der Waals surface area contributed by atoms with Crippen LogP contribution >= 0.6 is 0 Å². The van der Waals surface area contributed by atoms with Crippen molar-refractivity contribution >= 4 is 17.9 Å². The van der Waals surface area contributed by atoms with Crippen molar-refractivity contribution in [3.05, 3.63) is 58.7 Å². The average Bonchev–Trinajstić information content (AvgIpc) is 2.96. The molecule has 4 nitrogen and oxygen atoms in total. The van der Waals surface area contributed by atoms with Crippen molar-refractivity contribution in [2.45, 2.75) is 26.7 Å². The first-order valence-corrected chi connectivity index (χ1v) is 6.62. The van der Waals surface area contributed by atoms with Gasteiger partial charge >= 0.3 is 5.84 Å².